The third kappa shape index (κ3) is 3.39. The zero-order valence-corrected chi connectivity index (χ0v) is 12.4. The van der Waals surface area contributed by atoms with Crippen molar-refractivity contribution in [2.24, 2.45) is 5.84 Å². The molecule has 0 bridgehead atoms. The molecule has 1 saturated heterocycles. The predicted octanol–water partition coefficient (Wildman–Crippen LogP) is 3.08. The highest BCUT2D eigenvalue weighted by Gasteiger charge is 2.38. The first-order valence-electron chi connectivity index (χ1n) is 7.15. The molecule has 0 radical (unpaired) electrons. The molecule has 0 amide bonds. The minimum Gasteiger partial charge on any atom is -0.296 e. The predicted molar refractivity (Wildman–Crippen MR) is 76.4 cm³/mol. The highest BCUT2D eigenvalue weighted by molar-refractivity contribution is 5.30. The molecule has 1 aliphatic rings. The van der Waals surface area contributed by atoms with Gasteiger partial charge in [-0.3, -0.25) is 16.2 Å². The molecule has 1 unspecified atom stereocenters. The molecule has 0 aliphatic carbocycles. The van der Waals surface area contributed by atoms with Gasteiger partial charge in [0, 0.05) is 5.54 Å². The van der Waals surface area contributed by atoms with Crippen molar-refractivity contribution in [1.29, 1.82) is 0 Å². The van der Waals surface area contributed by atoms with E-state index in [9.17, 15) is 13.2 Å². The lowest BCUT2D eigenvalue weighted by molar-refractivity contribution is -0.137. The molecule has 0 saturated carbocycles. The SMILES string of the molecule is CC(C)(C(NN)c1cccc(C(F)(F)F)c1)N1CCCC1. The zero-order valence-electron chi connectivity index (χ0n) is 12.4. The number of nitrogens with zero attached hydrogens (tertiary/aromatic N) is 1. The Morgan fingerprint density at radius 2 is 1.81 bits per heavy atom. The quantitative estimate of drug-likeness (QED) is 0.663. The van der Waals surface area contributed by atoms with Gasteiger partial charge in [0.15, 0.2) is 0 Å². The lowest BCUT2D eigenvalue weighted by Crippen LogP contribution is -2.53. The molecular weight excluding hydrogens is 279 g/mol. The minimum atomic E-state index is -4.34. The van der Waals surface area contributed by atoms with Crippen LogP contribution in [0, 0.1) is 0 Å². The van der Waals surface area contributed by atoms with Gasteiger partial charge in [0.05, 0.1) is 11.6 Å². The van der Waals surface area contributed by atoms with Gasteiger partial charge in [-0.1, -0.05) is 12.1 Å². The fourth-order valence-corrected chi connectivity index (χ4v) is 3.08. The summed E-state index contributed by atoms with van der Waals surface area (Å²) in [5.41, 5.74) is 2.27. The molecule has 3 N–H and O–H groups in total. The number of likely N-dealkylation sites (tertiary alicyclic amines) is 1. The molecule has 21 heavy (non-hydrogen) atoms. The normalized spacial score (nSPS) is 19.0. The summed E-state index contributed by atoms with van der Waals surface area (Å²) in [5, 5.41) is 0. The van der Waals surface area contributed by atoms with Gasteiger partial charge in [-0.05, 0) is 57.5 Å². The summed E-state index contributed by atoms with van der Waals surface area (Å²) in [4.78, 5) is 2.28. The van der Waals surface area contributed by atoms with E-state index in [4.69, 9.17) is 5.84 Å². The maximum atomic E-state index is 12.9. The van der Waals surface area contributed by atoms with E-state index in [2.05, 4.69) is 10.3 Å². The van der Waals surface area contributed by atoms with Crippen LogP contribution in [0.15, 0.2) is 24.3 Å². The van der Waals surface area contributed by atoms with Crippen molar-refractivity contribution >= 4 is 0 Å². The van der Waals surface area contributed by atoms with Crippen LogP contribution in [0.4, 0.5) is 13.2 Å². The molecular formula is C15H22F3N3. The second kappa shape index (κ2) is 5.94. The Kier molecular flexibility index (Phi) is 4.60. The van der Waals surface area contributed by atoms with Crippen LogP contribution in [0.1, 0.15) is 43.9 Å². The van der Waals surface area contributed by atoms with Gasteiger partial charge in [-0.15, -0.1) is 0 Å². The fourth-order valence-electron chi connectivity index (χ4n) is 3.08. The van der Waals surface area contributed by atoms with Crippen LogP contribution >= 0.6 is 0 Å². The lowest BCUT2D eigenvalue weighted by atomic mass is 9.87. The molecule has 3 nitrogen and oxygen atoms in total. The standard InChI is InChI=1S/C15H22F3N3/c1-14(2,21-8-3-4-9-21)13(20-19)11-6-5-7-12(10-11)15(16,17)18/h5-7,10,13,20H,3-4,8-9,19H2,1-2H3. The number of hydrazine groups is 1. The van der Waals surface area contributed by atoms with Gasteiger partial charge in [0.2, 0.25) is 0 Å². The van der Waals surface area contributed by atoms with Gasteiger partial charge in [-0.2, -0.15) is 13.2 Å². The Balaban J connectivity index is 2.32. The number of rotatable bonds is 4. The maximum absolute atomic E-state index is 12.9. The molecule has 1 aromatic rings. The minimum absolute atomic E-state index is 0.352. The Bertz CT molecular complexity index is 479. The zero-order chi connectivity index (χ0) is 15.7. The number of halogens is 3. The first-order valence-corrected chi connectivity index (χ1v) is 7.15. The van der Waals surface area contributed by atoms with Crippen LogP contribution in [0.3, 0.4) is 0 Å². The molecule has 6 heteroatoms. The first kappa shape index (κ1) is 16.3. The average molecular weight is 301 g/mol. The van der Waals surface area contributed by atoms with Crippen molar-refractivity contribution in [3.63, 3.8) is 0 Å². The summed E-state index contributed by atoms with van der Waals surface area (Å²) in [6.07, 6.45) is -2.11. The van der Waals surface area contributed by atoms with Gasteiger partial charge in [0.25, 0.3) is 0 Å². The third-order valence-corrected chi connectivity index (χ3v) is 4.34. The van der Waals surface area contributed by atoms with E-state index in [0.29, 0.717) is 5.56 Å². The summed E-state index contributed by atoms with van der Waals surface area (Å²) in [7, 11) is 0. The third-order valence-electron chi connectivity index (χ3n) is 4.34. The molecule has 1 fully saturated rings. The van der Waals surface area contributed by atoms with E-state index < -0.39 is 11.7 Å². The summed E-state index contributed by atoms with van der Waals surface area (Å²) < 4.78 is 38.6. The lowest BCUT2D eigenvalue weighted by Gasteiger charge is -2.42. The van der Waals surface area contributed by atoms with Crippen LogP contribution in [0.5, 0.6) is 0 Å². The van der Waals surface area contributed by atoms with Gasteiger partial charge >= 0.3 is 6.18 Å². The van der Waals surface area contributed by atoms with Crippen molar-refractivity contribution in [2.45, 2.75) is 44.4 Å². The Morgan fingerprint density at radius 3 is 2.33 bits per heavy atom. The van der Waals surface area contributed by atoms with E-state index in [1.807, 2.05) is 13.8 Å². The van der Waals surface area contributed by atoms with E-state index in [1.165, 1.54) is 12.1 Å². The molecule has 1 heterocycles. The second-order valence-electron chi connectivity index (χ2n) is 6.07. The average Bonchev–Trinajstić information content (AvgIpc) is 2.93. The van der Waals surface area contributed by atoms with Gasteiger partial charge in [0.1, 0.15) is 0 Å². The largest absolute Gasteiger partial charge is 0.416 e. The number of alkyl halides is 3. The molecule has 118 valence electrons. The summed E-state index contributed by atoms with van der Waals surface area (Å²) in [5.74, 6) is 5.66. The fraction of sp³-hybridized carbons (Fsp3) is 0.600. The number of benzene rings is 1. The Morgan fingerprint density at radius 1 is 1.19 bits per heavy atom. The maximum Gasteiger partial charge on any atom is 0.416 e. The summed E-state index contributed by atoms with van der Waals surface area (Å²) in [6.45, 7) is 5.93. The highest BCUT2D eigenvalue weighted by atomic mass is 19.4. The Hall–Kier alpha value is -1.11. The monoisotopic (exact) mass is 301 g/mol. The van der Waals surface area contributed by atoms with Crippen molar-refractivity contribution in [1.82, 2.24) is 10.3 Å². The van der Waals surface area contributed by atoms with Gasteiger partial charge in [-0.25, -0.2) is 0 Å². The van der Waals surface area contributed by atoms with Crippen molar-refractivity contribution in [3.8, 4) is 0 Å². The topological polar surface area (TPSA) is 41.3 Å². The van der Waals surface area contributed by atoms with Gasteiger partial charge < -0.3 is 0 Å². The summed E-state index contributed by atoms with van der Waals surface area (Å²) in [6, 6.07) is 5.03. The van der Waals surface area contributed by atoms with Crippen LogP contribution in [0.2, 0.25) is 0 Å². The number of hydrogen-bond acceptors (Lipinski definition) is 3. The molecule has 2 rings (SSSR count). The smallest absolute Gasteiger partial charge is 0.296 e. The van der Waals surface area contributed by atoms with Crippen LogP contribution in [-0.4, -0.2) is 23.5 Å². The van der Waals surface area contributed by atoms with Crippen LogP contribution in [-0.2, 0) is 6.18 Å². The highest BCUT2D eigenvalue weighted by Crippen LogP contribution is 2.36. The van der Waals surface area contributed by atoms with E-state index in [-0.39, 0.29) is 11.6 Å². The molecule has 1 aliphatic heterocycles. The first-order chi connectivity index (χ1) is 9.76. The summed E-state index contributed by atoms with van der Waals surface area (Å²) >= 11 is 0. The van der Waals surface area contributed by atoms with Crippen LogP contribution < -0.4 is 11.3 Å². The number of nitrogens with one attached hydrogen (secondary N) is 1. The molecule has 0 spiro atoms. The number of nitrogens with two attached hydrogens (primary N) is 1. The van der Waals surface area contributed by atoms with E-state index in [1.54, 1.807) is 6.07 Å². The van der Waals surface area contributed by atoms with E-state index in [0.717, 1.165) is 32.0 Å². The van der Waals surface area contributed by atoms with Crippen LogP contribution in [0.25, 0.3) is 0 Å². The van der Waals surface area contributed by atoms with Crippen molar-refractivity contribution in [2.75, 3.05) is 13.1 Å². The number of hydrogen-bond donors (Lipinski definition) is 2. The second-order valence-corrected chi connectivity index (χ2v) is 6.07. The molecule has 0 aromatic heterocycles. The van der Waals surface area contributed by atoms with Crippen molar-refractivity contribution in [3.05, 3.63) is 35.4 Å². The molecule has 1 atom stereocenters. The Labute approximate surface area is 123 Å². The van der Waals surface area contributed by atoms with Crippen molar-refractivity contribution < 1.29 is 13.2 Å². The van der Waals surface area contributed by atoms with E-state index >= 15 is 0 Å². The molecule has 1 aromatic carbocycles.